The third-order valence-electron chi connectivity index (χ3n) is 6.53. The van der Waals surface area contributed by atoms with E-state index in [-0.39, 0.29) is 24.0 Å². The van der Waals surface area contributed by atoms with Crippen LogP contribution in [0.4, 0.5) is 0 Å². The molecule has 0 saturated heterocycles. The van der Waals surface area contributed by atoms with Gasteiger partial charge in [0.2, 0.25) is 0 Å². The highest BCUT2D eigenvalue weighted by atomic mass is 79.9. The molecule has 0 fully saturated rings. The molecular weight excluding hydrogens is 858 g/mol. The predicted molar refractivity (Wildman–Crippen MR) is 197 cm³/mol. The van der Waals surface area contributed by atoms with E-state index < -0.39 is 7.12 Å². The Balaban J connectivity index is 0.000000179. The van der Waals surface area contributed by atoms with E-state index in [2.05, 4.69) is 52.5 Å². The van der Waals surface area contributed by atoms with Crippen molar-refractivity contribution in [3.63, 3.8) is 0 Å². The number of carbonyl (C=O) groups excluding carboxylic acids is 2. The molecule has 2 aliphatic rings. The highest BCUT2D eigenvalue weighted by molar-refractivity contribution is 9.14. The molecule has 2 N–H and O–H groups in total. The first-order chi connectivity index (χ1) is 23.0. The van der Waals surface area contributed by atoms with Gasteiger partial charge in [0, 0.05) is 26.6 Å². The van der Waals surface area contributed by atoms with E-state index in [9.17, 15) is 19.6 Å². The quantitative estimate of drug-likeness (QED) is 0.137. The van der Waals surface area contributed by atoms with Gasteiger partial charge in [0.05, 0.1) is 4.48 Å². The van der Waals surface area contributed by atoms with Gasteiger partial charge in [0.15, 0.2) is 0 Å². The maximum Gasteiger partial charge on any atom is 0.492 e. The molecule has 0 spiro atoms. The van der Waals surface area contributed by atoms with E-state index in [1.54, 1.807) is 30.3 Å². The fraction of sp³-hybridized carbons (Fsp3) is 0.118. The zero-order valence-electron chi connectivity index (χ0n) is 24.9. The fourth-order valence-electron chi connectivity index (χ4n) is 4.14. The van der Waals surface area contributed by atoms with Crippen LogP contribution in [0.5, 0.6) is 11.5 Å². The SMILES string of the molecule is O=C1OCC(Br)=C1Br.O=C1OCC(c2cc(Cl)ccc2OCc2ccccc2)=C1Br.OB(O)c1cc(Cl)ccc1OCc1ccccc1. The normalized spacial score (nSPS) is 13.6. The Morgan fingerprint density at radius 1 is 0.667 bits per heavy atom. The summed E-state index contributed by atoms with van der Waals surface area (Å²) in [6.45, 7) is 1.37. The van der Waals surface area contributed by atoms with Crippen molar-refractivity contribution in [2.24, 2.45) is 0 Å². The van der Waals surface area contributed by atoms with E-state index >= 15 is 0 Å². The molecule has 0 unspecified atom stereocenters. The molecule has 6 rings (SSSR count). The molecule has 0 aromatic heterocycles. The number of hydrogen-bond donors (Lipinski definition) is 2. The Morgan fingerprint density at radius 3 is 1.62 bits per heavy atom. The minimum atomic E-state index is -1.60. The number of carbonyl (C=O) groups is 2. The molecule has 248 valence electrons. The molecular formula is C34H26BBr3Cl2O8. The van der Waals surface area contributed by atoms with Gasteiger partial charge in [-0.05, 0) is 79.4 Å². The average Bonchev–Trinajstić information content (AvgIpc) is 3.58. The van der Waals surface area contributed by atoms with E-state index in [0.717, 1.165) is 26.7 Å². The van der Waals surface area contributed by atoms with Crippen LogP contribution in [0.15, 0.2) is 111 Å². The summed E-state index contributed by atoms with van der Waals surface area (Å²) in [6, 6.07) is 29.6. The van der Waals surface area contributed by atoms with Crippen LogP contribution in [0.25, 0.3) is 5.57 Å². The summed E-state index contributed by atoms with van der Waals surface area (Å²) in [6.07, 6.45) is 0. The standard InChI is InChI=1S/C17H12BrClO3.C13H12BClO3.C4H2Br2O2/c18-16-14(10-22-17(16)20)13-8-12(19)6-7-15(13)21-9-11-4-2-1-3-5-11;15-11-6-7-13(12(8-11)14(16)17)18-9-10-4-2-1-3-5-10;5-2-1-8-4(7)3(2)6/h1-8H,9-10H2;1-8,16-17H,9H2;1H2. The lowest BCUT2D eigenvalue weighted by atomic mass is 9.79. The van der Waals surface area contributed by atoms with Crippen molar-refractivity contribution in [2.75, 3.05) is 13.2 Å². The van der Waals surface area contributed by atoms with Gasteiger partial charge in [-0.25, -0.2) is 9.59 Å². The van der Waals surface area contributed by atoms with Gasteiger partial charge < -0.3 is 29.0 Å². The van der Waals surface area contributed by atoms with E-state index in [4.69, 9.17) is 37.4 Å². The molecule has 0 amide bonds. The summed E-state index contributed by atoms with van der Waals surface area (Å²) in [5.74, 6) is 0.414. The second-order valence-electron chi connectivity index (χ2n) is 9.91. The third-order valence-corrected chi connectivity index (χ3v) is 9.76. The molecule has 4 aromatic rings. The summed E-state index contributed by atoms with van der Waals surface area (Å²) in [5.41, 5.74) is 3.84. The minimum Gasteiger partial charge on any atom is -0.489 e. The molecule has 0 aliphatic carbocycles. The molecule has 0 atom stereocenters. The lowest BCUT2D eigenvalue weighted by Gasteiger charge is -2.12. The number of cyclic esters (lactones) is 2. The van der Waals surface area contributed by atoms with Gasteiger partial charge in [0.1, 0.15) is 46.9 Å². The van der Waals surface area contributed by atoms with Crippen LogP contribution in [0.1, 0.15) is 16.7 Å². The maximum atomic E-state index is 11.5. The van der Waals surface area contributed by atoms with Crippen LogP contribution in [-0.4, -0.2) is 42.3 Å². The number of rotatable bonds is 8. The van der Waals surface area contributed by atoms with Crippen molar-refractivity contribution in [1.82, 2.24) is 0 Å². The first-order valence-corrected chi connectivity index (χ1v) is 17.2. The number of ether oxygens (including phenoxy) is 4. The Labute approximate surface area is 312 Å². The van der Waals surface area contributed by atoms with Gasteiger partial charge in [-0.2, -0.15) is 0 Å². The lowest BCUT2D eigenvalue weighted by molar-refractivity contribution is -0.136. The highest BCUT2D eigenvalue weighted by Crippen LogP contribution is 2.36. The van der Waals surface area contributed by atoms with Gasteiger partial charge in [0.25, 0.3) is 0 Å². The van der Waals surface area contributed by atoms with Gasteiger partial charge in [-0.15, -0.1) is 0 Å². The van der Waals surface area contributed by atoms with Crippen molar-refractivity contribution in [3.05, 3.63) is 137 Å². The molecule has 14 heteroatoms. The van der Waals surface area contributed by atoms with Gasteiger partial charge in [-0.3, -0.25) is 0 Å². The second kappa shape index (κ2) is 18.6. The van der Waals surface area contributed by atoms with Crippen LogP contribution in [0, 0.1) is 0 Å². The zero-order chi connectivity index (χ0) is 34.6. The van der Waals surface area contributed by atoms with Crippen molar-refractivity contribution < 1.29 is 38.6 Å². The predicted octanol–water partition coefficient (Wildman–Crippen LogP) is 7.73. The Hall–Kier alpha value is -3.10. The summed E-state index contributed by atoms with van der Waals surface area (Å²) in [4.78, 5) is 22.0. The number of hydrogen-bond acceptors (Lipinski definition) is 8. The third kappa shape index (κ3) is 11.0. The molecule has 8 nitrogen and oxygen atoms in total. The van der Waals surface area contributed by atoms with Gasteiger partial charge in [-0.1, -0.05) is 99.8 Å². The number of halogens is 5. The number of esters is 2. The first-order valence-electron chi connectivity index (χ1n) is 14.1. The Kier molecular flexibility index (Phi) is 14.6. The molecule has 48 heavy (non-hydrogen) atoms. The van der Waals surface area contributed by atoms with Crippen molar-refractivity contribution in [3.8, 4) is 11.5 Å². The van der Waals surface area contributed by atoms with Crippen LogP contribution in [-0.2, 0) is 32.3 Å². The molecule has 0 bridgehead atoms. The molecule has 2 aliphatic heterocycles. The maximum absolute atomic E-state index is 11.5. The average molecular weight is 884 g/mol. The van der Waals surface area contributed by atoms with Crippen LogP contribution >= 0.6 is 71.0 Å². The monoisotopic (exact) mass is 880 g/mol. The van der Waals surface area contributed by atoms with Crippen molar-refractivity contribution in [2.45, 2.75) is 13.2 Å². The minimum absolute atomic E-state index is 0.210. The first kappa shape index (κ1) is 37.7. The largest absolute Gasteiger partial charge is 0.492 e. The Bertz CT molecular complexity index is 1810. The molecule has 0 radical (unpaired) electrons. The van der Waals surface area contributed by atoms with E-state index in [1.165, 1.54) is 6.07 Å². The van der Waals surface area contributed by atoms with Gasteiger partial charge >= 0.3 is 19.1 Å². The van der Waals surface area contributed by atoms with Crippen molar-refractivity contribution >= 4 is 101 Å². The van der Waals surface area contributed by atoms with Crippen LogP contribution in [0.3, 0.4) is 0 Å². The van der Waals surface area contributed by atoms with E-state index in [1.807, 2.05) is 60.7 Å². The van der Waals surface area contributed by atoms with E-state index in [0.29, 0.717) is 50.3 Å². The van der Waals surface area contributed by atoms with Crippen molar-refractivity contribution in [1.29, 1.82) is 0 Å². The lowest BCUT2D eigenvalue weighted by Crippen LogP contribution is -2.31. The summed E-state index contributed by atoms with van der Waals surface area (Å²) in [5, 5.41) is 19.5. The summed E-state index contributed by atoms with van der Waals surface area (Å²) >= 11 is 21.3. The Morgan fingerprint density at radius 2 is 1.17 bits per heavy atom. The summed E-state index contributed by atoms with van der Waals surface area (Å²) in [7, 11) is -1.60. The topological polar surface area (TPSA) is 112 Å². The smallest absolute Gasteiger partial charge is 0.489 e. The van der Waals surface area contributed by atoms with Crippen LogP contribution < -0.4 is 14.9 Å². The molecule has 0 saturated carbocycles. The second-order valence-corrected chi connectivity index (χ2v) is 13.3. The highest BCUT2D eigenvalue weighted by Gasteiger charge is 2.26. The number of benzene rings is 4. The summed E-state index contributed by atoms with van der Waals surface area (Å²) < 4.78 is 22.8. The zero-order valence-corrected chi connectivity index (χ0v) is 31.1. The molecule has 4 aromatic carbocycles. The molecule has 2 heterocycles. The fourth-order valence-corrected chi connectivity index (χ4v) is 5.44. The van der Waals surface area contributed by atoms with Crippen LogP contribution in [0.2, 0.25) is 10.0 Å².